The van der Waals surface area contributed by atoms with Crippen molar-refractivity contribution in [3.63, 3.8) is 0 Å². The minimum absolute atomic E-state index is 0.0494. The number of halogens is 1. The number of piperazine rings is 1. The van der Waals surface area contributed by atoms with Crippen molar-refractivity contribution >= 4 is 40.1 Å². The Morgan fingerprint density at radius 1 is 1.25 bits per heavy atom. The summed E-state index contributed by atoms with van der Waals surface area (Å²) in [4.78, 5) is 26.5. The second-order valence-corrected chi connectivity index (χ2v) is 7.42. The van der Waals surface area contributed by atoms with Gasteiger partial charge in [-0.15, -0.1) is 0 Å². The molecule has 2 rings (SSSR count). The smallest absolute Gasteiger partial charge is 0.250 e. The van der Waals surface area contributed by atoms with Gasteiger partial charge in [0.1, 0.15) is 12.1 Å². The molecule has 4 nitrogen and oxygen atoms in total. The first-order chi connectivity index (χ1) is 9.21. The van der Waals surface area contributed by atoms with E-state index < -0.39 is 12.1 Å². The number of nitrogens with zero attached hydrogens (tertiary/aromatic N) is 1. The molecule has 1 aromatic rings. The predicted octanol–water partition coefficient (Wildman–Crippen LogP) is 2.56. The number of hydrogen-bond acceptors (Lipinski definition) is 2. The van der Waals surface area contributed by atoms with Crippen molar-refractivity contribution in [3.8, 4) is 0 Å². The van der Waals surface area contributed by atoms with Crippen LogP contribution in [0, 0.1) is 8.99 Å². The largest absolute Gasteiger partial charge is 0.342 e. The van der Waals surface area contributed by atoms with Crippen LogP contribution in [0.4, 0.5) is 5.69 Å². The van der Waals surface area contributed by atoms with Crippen LogP contribution in [0.25, 0.3) is 0 Å². The lowest BCUT2D eigenvalue weighted by Crippen LogP contribution is -2.66. The highest BCUT2D eigenvalue weighted by molar-refractivity contribution is 14.1. The second kappa shape index (κ2) is 5.35. The Labute approximate surface area is 133 Å². The fraction of sp³-hybridized carbons (Fsp3) is 0.467. The van der Waals surface area contributed by atoms with E-state index in [1.807, 2.05) is 45.0 Å². The lowest BCUT2D eigenvalue weighted by Gasteiger charge is -2.42. The average molecular weight is 386 g/mol. The molecular formula is C15H19IN2O2. The molecule has 1 heterocycles. The third-order valence-electron chi connectivity index (χ3n) is 3.49. The topological polar surface area (TPSA) is 49.4 Å². The number of benzene rings is 1. The summed E-state index contributed by atoms with van der Waals surface area (Å²) < 4.78 is 1.04. The predicted molar refractivity (Wildman–Crippen MR) is 87.5 cm³/mol. The quantitative estimate of drug-likeness (QED) is 0.755. The lowest BCUT2D eigenvalue weighted by molar-refractivity contribution is -0.136. The minimum Gasteiger partial charge on any atom is -0.342 e. The summed E-state index contributed by atoms with van der Waals surface area (Å²) in [5.41, 5.74) is 0.464. The molecule has 108 valence electrons. The lowest BCUT2D eigenvalue weighted by atomic mass is 9.84. The maximum atomic E-state index is 12.7. The molecule has 0 bridgehead atoms. The Kier molecular flexibility index (Phi) is 4.09. The van der Waals surface area contributed by atoms with E-state index in [1.165, 1.54) is 0 Å². The molecule has 0 aromatic heterocycles. The number of amides is 2. The summed E-state index contributed by atoms with van der Waals surface area (Å²) in [7, 11) is 0. The van der Waals surface area contributed by atoms with E-state index in [4.69, 9.17) is 0 Å². The van der Waals surface area contributed by atoms with Crippen molar-refractivity contribution in [2.75, 3.05) is 4.90 Å². The highest BCUT2D eigenvalue weighted by Gasteiger charge is 2.44. The Bertz CT molecular complexity index is 551. The average Bonchev–Trinajstić information content (AvgIpc) is 2.33. The first-order valence-corrected chi connectivity index (χ1v) is 7.68. The SMILES string of the molecule is CC1C(=O)NC(C(C)(C)C)C(=O)N1c1cccc(I)c1. The van der Waals surface area contributed by atoms with E-state index in [0.717, 1.165) is 9.26 Å². The summed E-state index contributed by atoms with van der Waals surface area (Å²) in [5.74, 6) is -0.157. The number of nitrogens with one attached hydrogen (secondary N) is 1. The fourth-order valence-corrected chi connectivity index (χ4v) is 2.86. The van der Waals surface area contributed by atoms with Crippen LogP contribution >= 0.6 is 22.6 Å². The van der Waals surface area contributed by atoms with Gasteiger partial charge in [0.25, 0.3) is 5.91 Å². The first kappa shape index (κ1) is 15.3. The summed E-state index contributed by atoms with van der Waals surface area (Å²) >= 11 is 2.20. The molecule has 0 saturated carbocycles. The van der Waals surface area contributed by atoms with Gasteiger partial charge in [-0.05, 0) is 53.1 Å². The maximum absolute atomic E-state index is 12.7. The van der Waals surface area contributed by atoms with E-state index in [1.54, 1.807) is 11.8 Å². The third-order valence-corrected chi connectivity index (χ3v) is 4.16. The Balaban J connectivity index is 2.44. The molecule has 0 spiro atoms. The van der Waals surface area contributed by atoms with Gasteiger partial charge >= 0.3 is 0 Å². The summed E-state index contributed by atoms with van der Waals surface area (Å²) in [5, 5.41) is 2.84. The normalized spacial score (nSPS) is 23.8. The Hall–Kier alpha value is -1.11. The second-order valence-electron chi connectivity index (χ2n) is 6.17. The van der Waals surface area contributed by atoms with Gasteiger partial charge in [-0.3, -0.25) is 14.5 Å². The Morgan fingerprint density at radius 3 is 2.45 bits per heavy atom. The molecule has 1 aromatic carbocycles. The minimum atomic E-state index is -0.496. The number of hydrogen-bond donors (Lipinski definition) is 1. The molecule has 1 aliphatic heterocycles. The van der Waals surface area contributed by atoms with E-state index in [2.05, 4.69) is 27.9 Å². The number of carbonyl (C=O) groups is 2. The van der Waals surface area contributed by atoms with Crippen LogP contribution in [0.1, 0.15) is 27.7 Å². The molecular weight excluding hydrogens is 367 g/mol. The van der Waals surface area contributed by atoms with E-state index >= 15 is 0 Å². The van der Waals surface area contributed by atoms with Gasteiger partial charge in [0.05, 0.1) is 0 Å². The number of anilines is 1. The van der Waals surface area contributed by atoms with Crippen molar-refractivity contribution in [2.24, 2.45) is 5.41 Å². The maximum Gasteiger partial charge on any atom is 0.250 e. The molecule has 5 heteroatoms. The van der Waals surface area contributed by atoms with Gasteiger partial charge in [-0.1, -0.05) is 26.8 Å². The number of rotatable bonds is 1. The van der Waals surface area contributed by atoms with Gasteiger partial charge in [-0.25, -0.2) is 0 Å². The van der Waals surface area contributed by atoms with Gasteiger partial charge in [-0.2, -0.15) is 0 Å². The van der Waals surface area contributed by atoms with Crippen LogP contribution in [0.3, 0.4) is 0 Å². The van der Waals surface area contributed by atoms with Crippen LogP contribution in [0.5, 0.6) is 0 Å². The highest BCUT2D eigenvalue weighted by Crippen LogP contribution is 2.29. The first-order valence-electron chi connectivity index (χ1n) is 6.61. The van der Waals surface area contributed by atoms with Crippen molar-refractivity contribution in [1.82, 2.24) is 5.32 Å². The highest BCUT2D eigenvalue weighted by atomic mass is 127. The molecule has 0 radical (unpaired) electrons. The van der Waals surface area contributed by atoms with Crippen LogP contribution < -0.4 is 10.2 Å². The van der Waals surface area contributed by atoms with Crippen molar-refractivity contribution < 1.29 is 9.59 Å². The van der Waals surface area contributed by atoms with Gasteiger partial charge < -0.3 is 5.32 Å². The van der Waals surface area contributed by atoms with Crippen LogP contribution in [0.15, 0.2) is 24.3 Å². The van der Waals surface area contributed by atoms with Gasteiger partial charge in [0, 0.05) is 9.26 Å². The summed E-state index contributed by atoms with van der Waals surface area (Å²) in [6.07, 6.45) is 0. The van der Waals surface area contributed by atoms with Crippen LogP contribution in [-0.2, 0) is 9.59 Å². The molecule has 20 heavy (non-hydrogen) atoms. The standard InChI is InChI=1S/C15H19IN2O2/c1-9-13(19)17-12(15(2,3)4)14(20)18(9)11-7-5-6-10(16)8-11/h5-9,12H,1-4H3,(H,17,19). The number of carbonyl (C=O) groups excluding carboxylic acids is 2. The van der Waals surface area contributed by atoms with Gasteiger partial charge in [0.2, 0.25) is 5.91 Å². The fourth-order valence-electron chi connectivity index (χ4n) is 2.34. The zero-order valence-electron chi connectivity index (χ0n) is 12.1. The third kappa shape index (κ3) is 2.82. The molecule has 1 saturated heterocycles. The molecule has 2 atom stereocenters. The summed E-state index contributed by atoms with van der Waals surface area (Å²) in [6.45, 7) is 7.63. The van der Waals surface area contributed by atoms with Gasteiger partial charge in [0.15, 0.2) is 0 Å². The zero-order chi connectivity index (χ0) is 15.1. The Morgan fingerprint density at radius 2 is 1.90 bits per heavy atom. The monoisotopic (exact) mass is 386 g/mol. The summed E-state index contributed by atoms with van der Waals surface area (Å²) in [6, 6.07) is 6.67. The van der Waals surface area contributed by atoms with Crippen molar-refractivity contribution in [3.05, 3.63) is 27.8 Å². The molecule has 2 amide bonds. The molecule has 1 fully saturated rings. The molecule has 0 aliphatic carbocycles. The van der Waals surface area contributed by atoms with E-state index in [-0.39, 0.29) is 17.2 Å². The molecule has 1 aliphatic rings. The molecule has 2 unspecified atom stereocenters. The van der Waals surface area contributed by atoms with Crippen molar-refractivity contribution in [2.45, 2.75) is 39.8 Å². The molecule has 1 N–H and O–H groups in total. The zero-order valence-corrected chi connectivity index (χ0v) is 14.3. The van der Waals surface area contributed by atoms with E-state index in [0.29, 0.717) is 0 Å². The van der Waals surface area contributed by atoms with Crippen molar-refractivity contribution in [1.29, 1.82) is 0 Å². The van der Waals surface area contributed by atoms with Crippen LogP contribution in [0.2, 0.25) is 0 Å². The van der Waals surface area contributed by atoms with E-state index in [9.17, 15) is 9.59 Å². The van der Waals surface area contributed by atoms with Crippen LogP contribution in [-0.4, -0.2) is 23.9 Å².